The number of hydrogen-bond acceptors (Lipinski definition) is 3. The summed E-state index contributed by atoms with van der Waals surface area (Å²) < 4.78 is 77.4. The molecule has 3 nitrogen and oxygen atoms in total. The Balaban J connectivity index is 3.33. The second kappa shape index (κ2) is 3.82. The Morgan fingerprint density at radius 3 is 2.89 bits per heavy atom. The van der Waals surface area contributed by atoms with Gasteiger partial charge >= 0.3 is 0 Å². The van der Waals surface area contributed by atoms with Gasteiger partial charge < -0.3 is 9.84 Å². The first-order valence-corrected chi connectivity index (χ1v) is 2.25. The molecule has 1 aliphatic rings. The van der Waals surface area contributed by atoms with Gasteiger partial charge in [-0.15, -0.1) is 0 Å². The monoisotopic (exact) mass is 141 g/mol. The molecule has 0 amide bonds. The number of morpholine rings is 1. The lowest BCUT2D eigenvalue weighted by Gasteiger charge is -2.25. The molecule has 54 valence electrons. The van der Waals surface area contributed by atoms with Crippen LogP contribution in [0.5, 0.6) is 0 Å². The average molecular weight is 141 g/mol. The van der Waals surface area contributed by atoms with Crippen LogP contribution in [0.3, 0.4) is 0 Å². The molecule has 0 bridgehead atoms. The third-order valence-electron chi connectivity index (χ3n) is 0.692. The summed E-state index contributed by atoms with van der Waals surface area (Å²) in [6, 6.07) is 0. The van der Waals surface area contributed by atoms with Gasteiger partial charge in [-0.2, -0.15) is 0 Å². The summed E-state index contributed by atoms with van der Waals surface area (Å²) in [7, 11) is 0. The van der Waals surface area contributed by atoms with E-state index in [9.17, 15) is 0 Å². The number of β-amino-alcohol motifs (C(OH)–C–C–N with tert-alkyl or cyclic N) is 1. The zero-order chi connectivity index (χ0) is 15.5. The molecule has 0 aliphatic carbocycles. The van der Waals surface area contributed by atoms with Crippen molar-refractivity contribution >= 4 is 0 Å². The predicted octanol–water partition coefficient (Wildman–Crippen LogP) is -0.689. The molecule has 1 saturated heterocycles. The van der Waals surface area contributed by atoms with Gasteiger partial charge in [0.15, 0.2) is 0 Å². The molecule has 1 aliphatic heterocycles. The van der Waals surface area contributed by atoms with Crippen LogP contribution in [0.1, 0.15) is 13.7 Å². The third kappa shape index (κ3) is 2.30. The third-order valence-corrected chi connectivity index (χ3v) is 0.692. The first-order chi connectivity index (χ1) is 8.05. The Kier molecular flexibility index (Phi) is 0.657. The minimum atomic E-state index is -3.23. The summed E-state index contributed by atoms with van der Waals surface area (Å²) in [6.07, 6.45) is 0. The van der Waals surface area contributed by atoms with Gasteiger partial charge in [0.05, 0.1) is 27.9 Å². The van der Waals surface area contributed by atoms with Crippen LogP contribution in [0.4, 0.5) is 0 Å². The van der Waals surface area contributed by atoms with Crippen LogP contribution >= 0.6 is 0 Å². The van der Waals surface area contributed by atoms with Crippen molar-refractivity contribution in [1.29, 1.82) is 0 Å². The molecule has 0 unspecified atom stereocenters. The lowest BCUT2D eigenvalue weighted by molar-refractivity contribution is 0.0306. The van der Waals surface area contributed by atoms with Crippen molar-refractivity contribution in [2.24, 2.45) is 0 Å². The summed E-state index contributed by atoms with van der Waals surface area (Å²) >= 11 is 0. The van der Waals surface area contributed by atoms with E-state index in [1.165, 1.54) is 0 Å². The highest BCUT2D eigenvalue weighted by Crippen LogP contribution is 1.93. The zero-order valence-electron chi connectivity index (χ0n) is 14.5. The highest BCUT2D eigenvalue weighted by molar-refractivity contribution is 4.59. The van der Waals surface area contributed by atoms with Gasteiger partial charge in [0, 0.05) is 25.0 Å². The highest BCUT2D eigenvalue weighted by atomic mass is 16.5. The van der Waals surface area contributed by atoms with E-state index >= 15 is 0 Å². The fourth-order valence-corrected chi connectivity index (χ4v) is 0.359. The van der Waals surface area contributed by atoms with E-state index in [0.29, 0.717) is 0 Å². The minimum absolute atomic E-state index is 0.0521. The molecule has 1 fully saturated rings. The molecule has 0 saturated carbocycles. The van der Waals surface area contributed by atoms with Crippen LogP contribution in [0.2, 0.25) is 0 Å². The van der Waals surface area contributed by atoms with Gasteiger partial charge in [-0.05, 0) is 0 Å². The molecule has 1 rings (SSSR count). The predicted molar refractivity (Wildman–Crippen MR) is 34.3 cm³/mol. The van der Waals surface area contributed by atoms with E-state index in [-0.39, 0.29) is 4.90 Å². The summed E-state index contributed by atoms with van der Waals surface area (Å²) in [6.45, 7) is -17.1. The molecule has 3 heteroatoms. The standard InChI is InChI=1S/C6H13NO2/c8-4-1-7-2-5-9-6-3-7/h8H,1-6H2/i2D2,3D2,4D2,5D2,6D2. The SMILES string of the molecule is [2H]C([2H])(O)CN1C([2H])([2H])C([2H])([2H])OC([2H])([2H])C1([2H])[2H]. The van der Waals surface area contributed by atoms with Crippen LogP contribution in [0.15, 0.2) is 0 Å². The molecule has 9 heavy (non-hydrogen) atoms. The van der Waals surface area contributed by atoms with Gasteiger partial charge in [-0.25, -0.2) is 0 Å². The highest BCUT2D eigenvalue weighted by Gasteiger charge is 2.07. The van der Waals surface area contributed by atoms with Crippen LogP contribution in [-0.4, -0.2) is 49.2 Å². The van der Waals surface area contributed by atoms with E-state index in [4.69, 9.17) is 18.8 Å². The maximum atomic E-state index is 9.05. The van der Waals surface area contributed by atoms with Gasteiger partial charge in [0.1, 0.15) is 0 Å². The van der Waals surface area contributed by atoms with Crippen molar-refractivity contribution in [3.63, 3.8) is 0 Å². The van der Waals surface area contributed by atoms with Crippen molar-refractivity contribution < 1.29 is 23.6 Å². The molecule has 0 atom stereocenters. The molecular formula is C6H13NO2. The summed E-state index contributed by atoms with van der Waals surface area (Å²) in [5.74, 6) is 0. The van der Waals surface area contributed by atoms with Crippen LogP contribution < -0.4 is 0 Å². The molecule has 1 N–H and O–H groups in total. The molecule has 0 aromatic rings. The number of nitrogens with zero attached hydrogens (tertiary/aromatic N) is 1. The van der Waals surface area contributed by atoms with E-state index < -0.39 is 39.2 Å². The quantitative estimate of drug-likeness (QED) is 0.552. The number of rotatable bonds is 2. The number of aliphatic hydroxyl groups is 1. The smallest absolute Gasteiger partial charge is 0.0594 e. The Labute approximate surface area is 69.3 Å². The molecule has 0 aromatic carbocycles. The number of hydrogen-bond donors (Lipinski definition) is 1. The van der Waals surface area contributed by atoms with E-state index in [1.807, 2.05) is 0 Å². The Morgan fingerprint density at radius 1 is 1.67 bits per heavy atom. The largest absolute Gasteiger partial charge is 0.395 e. The van der Waals surface area contributed by atoms with Crippen molar-refractivity contribution in [2.75, 3.05) is 39.2 Å². The molecule has 0 radical (unpaired) electrons. The van der Waals surface area contributed by atoms with Gasteiger partial charge in [-0.1, -0.05) is 0 Å². The molecule has 1 heterocycles. The fraction of sp³-hybridized carbons (Fsp3) is 1.00. The number of ether oxygens (including phenoxy) is 1. The van der Waals surface area contributed by atoms with E-state index in [2.05, 4.69) is 4.74 Å². The average Bonchev–Trinajstić information content (AvgIpc) is 2.08. The van der Waals surface area contributed by atoms with Crippen molar-refractivity contribution in [1.82, 2.24) is 4.90 Å². The Morgan fingerprint density at radius 2 is 2.33 bits per heavy atom. The Hall–Kier alpha value is -0.120. The lowest BCUT2D eigenvalue weighted by atomic mass is 10.4. The maximum absolute atomic E-state index is 9.05. The molecule has 0 spiro atoms. The van der Waals surface area contributed by atoms with Crippen LogP contribution in [-0.2, 0) is 4.74 Å². The lowest BCUT2D eigenvalue weighted by Crippen LogP contribution is -2.37. The van der Waals surface area contributed by atoms with Gasteiger partial charge in [0.25, 0.3) is 0 Å². The second-order valence-electron chi connectivity index (χ2n) is 1.27. The van der Waals surface area contributed by atoms with E-state index in [0.717, 1.165) is 0 Å². The first kappa shape index (κ1) is 1.55. The fourth-order valence-electron chi connectivity index (χ4n) is 0.359. The summed E-state index contributed by atoms with van der Waals surface area (Å²) in [5.41, 5.74) is 0. The van der Waals surface area contributed by atoms with Gasteiger partial charge in [-0.3, -0.25) is 4.90 Å². The van der Waals surface area contributed by atoms with Gasteiger partial charge in [0.2, 0.25) is 0 Å². The van der Waals surface area contributed by atoms with Crippen molar-refractivity contribution in [3.8, 4) is 0 Å². The van der Waals surface area contributed by atoms with Crippen LogP contribution in [0.25, 0.3) is 0 Å². The first-order valence-electron chi connectivity index (χ1n) is 7.25. The minimum Gasteiger partial charge on any atom is -0.395 e. The zero-order valence-corrected chi connectivity index (χ0v) is 4.51. The molecular weight excluding hydrogens is 118 g/mol. The normalized spacial score (nSPS) is 62.8. The second-order valence-corrected chi connectivity index (χ2v) is 1.27. The van der Waals surface area contributed by atoms with Crippen LogP contribution in [0, 0.1) is 0 Å². The Bertz CT molecular complexity index is 338. The maximum Gasteiger partial charge on any atom is 0.0594 e. The van der Waals surface area contributed by atoms with Crippen molar-refractivity contribution in [3.05, 3.63) is 0 Å². The summed E-state index contributed by atoms with van der Waals surface area (Å²) in [5, 5.41) is 9.05. The summed E-state index contributed by atoms with van der Waals surface area (Å²) in [4.78, 5) is -0.0521. The molecule has 0 aromatic heterocycles. The van der Waals surface area contributed by atoms with Crippen molar-refractivity contribution in [2.45, 2.75) is 0 Å². The topological polar surface area (TPSA) is 32.7 Å². The van der Waals surface area contributed by atoms with E-state index in [1.54, 1.807) is 0 Å².